The van der Waals surface area contributed by atoms with Gasteiger partial charge in [-0.15, -0.1) is 0 Å². The molecule has 5 rings (SSSR count). The van der Waals surface area contributed by atoms with E-state index in [0.717, 1.165) is 25.9 Å². The van der Waals surface area contributed by atoms with Gasteiger partial charge in [0.05, 0.1) is 11.7 Å². The highest BCUT2D eigenvalue weighted by molar-refractivity contribution is 14.1. The van der Waals surface area contributed by atoms with Crippen molar-refractivity contribution in [2.75, 3.05) is 0 Å². The number of halogens is 2. The second-order valence-electron chi connectivity index (χ2n) is 6.91. The van der Waals surface area contributed by atoms with Crippen molar-refractivity contribution in [2.24, 2.45) is 0 Å². The Hall–Kier alpha value is -2.92. The Morgan fingerprint density at radius 1 is 1.06 bits per heavy atom. The number of nitrogens with one attached hydrogen (secondary N) is 1. The molecule has 32 heavy (non-hydrogen) atoms. The number of pyridine rings is 1. The number of aromatic amines is 1. The van der Waals surface area contributed by atoms with Crippen molar-refractivity contribution >= 4 is 45.3 Å². The Bertz CT molecular complexity index is 1350. The maximum absolute atomic E-state index is 13.3. The highest BCUT2D eigenvalue weighted by Gasteiger charge is 2.18. The van der Waals surface area contributed by atoms with E-state index in [1.54, 1.807) is 18.3 Å². The molecule has 0 unspecified atom stereocenters. The lowest BCUT2D eigenvalue weighted by Crippen LogP contribution is -1.97. The zero-order valence-electron chi connectivity index (χ0n) is 16.6. The first kappa shape index (κ1) is 21.0. The Balaban J connectivity index is 1.43. The van der Waals surface area contributed by atoms with E-state index in [-0.39, 0.29) is 12.4 Å². The molecule has 2 aromatic carbocycles. The molecule has 0 bridgehead atoms. The molecule has 5 aromatic rings. The average molecular weight is 558 g/mol. The first-order chi connectivity index (χ1) is 15.7. The van der Waals surface area contributed by atoms with Gasteiger partial charge in [-0.3, -0.25) is 5.10 Å². The summed E-state index contributed by atoms with van der Waals surface area (Å²) >= 11 is 3.68. The van der Waals surface area contributed by atoms with Gasteiger partial charge in [0.15, 0.2) is 5.09 Å². The van der Waals surface area contributed by atoms with Crippen LogP contribution in [0.3, 0.4) is 0 Å². The van der Waals surface area contributed by atoms with Gasteiger partial charge in [0.1, 0.15) is 28.9 Å². The Morgan fingerprint density at radius 2 is 1.94 bits per heavy atom. The van der Waals surface area contributed by atoms with Gasteiger partial charge in [0.2, 0.25) is 5.89 Å². The predicted molar refractivity (Wildman–Crippen MR) is 128 cm³/mol. The van der Waals surface area contributed by atoms with Crippen LogP contribution in [0.15, 0.2) is 81.5 Å². The fourth-order valence-electron chi connectivity index (χ4n) is 3.03. The first-order valence-electron chi connectivity index (χ1n) is 9.68. The molecule has 0 fully saturated rings. The third-order valence-electron chi connectivity index (χ3n) is 4.69. The van der Waals surface area contributed by atoms with Crippen molar-refractivity contribution < 1.29 is 13.5 Å². The van der Waals surface area contributed by atoms with Gasteiger partial charge in [-0.2, -0.15) is 5.10 Å². The molecule has 1 N–H and O–H groups in total. The van der Waals surface area contributed by atoms with Gasteiger partial charge in [-0.05, 0) is 65.9 Å². The molecular weight excluding hydrogens is 542 g/mol. The number of oxazole rings is 1. The largest absolute Gasteiger partial charge is 0.487 e. The molecule has 0 spiro atoms. The standard InChI is InChI=1S/C23H16FIN4O2S/c24-17-4-2-15(3-5-17)22-28-20(13-30-18-6-7-19-16(9-18)12-27-29-19)23(31-22)32-21-8-1-14(10-25)11-26-21/h1-9,11-12H,10,13H2,(H,27,29). The fraction of sp³-hybridized carbons (Fsp3) is 0.0870. The summed E-state index contributed by atoms with van der Waals surface area (Å²) < 4.78 is 26.3. The minimum atomic E-state index is -0.312. The van der Waals surface area contributed by atoms with Crippen molar-refractivity contribution in [3.05, 3.63) is 84.1 Å². The molecule has 0 radical (unpaired) electrons. The summed E-state index contributed by atoms with van der Waals surface area (Å²) in [4.78, 5) is 9.12. The molecule has 0 atom stereocenters. The Labute approximate surface area is 200 Å². The second kappa shape index (κ2) is 9.29. The lowest BCUT2D eigenvalue weighted by molar-refractivity contribution is 0.295. The number of hydrogen-bond acceptors (Lipinski definition) is 6. The van der Waals surface area contributed by atoms with Crippen molar-refractivity contribution in [3.63, 3.8) is 0 Å². The van der Waals surface area contributed by atoms with Crippen molar-refractivity contribution in [1.82, 2.24) is 20.2 Å². The monoisotopic (exact) mass is 558 g/mol. The van der Waals surface area contributed by atoms with E-state index in [4.69, 9.17) is 9.15 Å². The summed E-state index contributed by atoms with van der Waals surface area (Å²) in [5.41, 5.74) is 3.42. The van der Waals surface area contributed by atoms with Gasteiger partial charge in [0.25, 0.3) is 0 Å². The van der Waals surface area contributed by atoms with E-state index in [9.17, 15) is 4.39 Å². The summed E-state index contributed by atoms with van der Waals surface area (Å²) in [7, 11) is 0. The number of alkyl halides is 1. The third kappa shape index (κ3) is 4.63. The summed E-state index contributed by atoms with van der Waals surface area (Å²) in [6.45, 7) is 0.211. The van der Waals surface area contributed by atoms with Gasteiger partial charge in [0, 0.05) is 21.6 Å². The molecule has 0 aliphatic heterocycles. The van der Waals surface area contributed by atoms with Crippen molar-refractivity contribution in [1.29, 1.82) is 0 Å². The molecule has 0 aliphatic carbocycles. The molecule has 9 heteroatoms. The molecule has 0 saturated heterocycles. The number of fused-ring (bicyclic) bond motifs is 1. The van der Waals surface area contributed by atoms with Crippen LogP contribution in [0.5, 0.6) is 5.75 Å². The van der Waals surface area contributed by atoms with Crippen LogP contribution in [-0.2, 0) is 11.0 Å². The third-order valence-corrected chi connectivity index (χ3v) is 6.52. The molecule has 0 aliphatic rings. The lowest BCUT2D eigenvalue weighted by atomic mass is 10.2. The van der Waals surface area contributed by atoms with Gasteiger partial charge in [-0.25, -0.2) is 14.4 Å². The zero-order chi connectivity index (χ0) is 21.9. The summed E-state index contributed by atoms with van der Waals surface area (Å²) in [6, 6.07) is 15.7. The highest BCUT2D eigenvalue weighted by atomic mass is 127. The maximum atomic E-state index is 13.3. The predicted octanol–water partition coefficient (Wildman–Crippen LogP) is 6.42. The number of hydrogen-bond donors (Lipinski definition) is 1. The van der Waals surface area contributed by atoms with E-state index in [1.807, 2.05) is 36.5 Å². The molecule has 3 heterocycles. The number of aromatic nitrogens is 4. The number of ether oxygens (including phenoxy) is 1. The number of benzene rings is 2. The normalized spacial score (nSPS) is 11.2. The highest BCUT2D eigenvalue weighted by Crippen LogP contribution is 2.34. The minimum Gasteiger partial charge on any atom is -0.487 e. The topological polar surface area (TPSA) is 76.8 Å². The van der Waals surface area contributed by atoms with E-state index < -0.39 is 0 Å². The fourth-order valence-corrected chi connectivity index (χ4v) is 4.26. The Morgan fingerprint density at radius 3 is 2.72 bits per heavy atom. The van der Waals surface area contributed by atoms with Crippen LogP contribution >= 0.6 is 34.4 Å². The summed E-state index contributed by atoms with van der Waals surface area (Å²) in [6.07, 6.45) is 3.60. The van der Waals surface area contributed by atoms with E-state index >= 15 is 0 Å². The van der Waals surface area contributed by atoms with Crippen LogP contribution < -0.4 is 4.74 Å². The maximum Gasteiger partial charge on any atom is 0.227 e. The second-order valence-corrected chi connectivity index (χ2v) is 8.66. The first-order valence-corrected chi connectivity index (χ1v) is 12.0. The molecule has 160 valence electrons. The molecule has 6 nitrogen and oxygen atoms in total. The van der Waals surface area contributed by atoms with Gasteiger partial charge >= 0.3 is 0 Å². The zero-order valence-corrected chi connectivity index (χ0v) is 19.6. The number of rotatable bonds is 7. The number of nitrogens with zero attached hydrogens (tertiary/aromatic N) is 3. The van der Waals surface area contributed by atoms with Crippen LogP contribution in [-0.4, -0.2) is 20.2 Å². The molecular formula is C23H16FIN4O2S. The van der Waals surface area contributed by atoms with Crippen LogP contribution in [0.1, 0.15) is 11.3 Å². The lowest BCUT2D eigenvalue weighted by Gasteiger charge is -2.05. The van der Waals surface area contributed by atoms with Gasteiger partial charge in [-0.1, -0.05) is 28.7 Å². The van der Waals surface area contributed by atoms with Crippen LogP contribution in [0.2, 0.25) is 0 Å². The van der Waals surface area contributed by atoms with E-state index in [0.29, 0.717) is 28.0 Å². The van der Waals surface area contributed by atoms with E-state index in [2.05, 4.69) is 42.8 Å². The SMILES string of the molecule is Fc1ccc(-c2nc(COc3ccc4[nH]ncc4c3)c(Sc3ccc(CI)cn3)o2)cc1. The molecule has 0 amide bonds. The Kier molecular flexibility index (Phi) is 6.08. The smallest absolute Gasteiger partial charge is 0.227 e. The number of H-pyrrole nitrogens is 1. The summed E-state index contributed by atoms with van der Waals surface area (Å²) in [5, 5.41) is 9.29. The minimum absolute atomic E-state index is 0.211. The van der Waals surface area contributed by atoms with Gasteiger partial charge < -0.3 is 9.15 Å². The van der Waals surface area contributed by atoms with Crippen LogP contribution in [0, 0.1) is 5.82 Å². The van der Waals surface area contributed by atoms with Crippen LogP contribution in [0.4, 0.5) is 4.39 Å². The van der Waals surface area contributed by atoms with E-state index in [1.165, 1.54) is 23.9 Å². The quantitative estimate of drug-likeness (QED) is 0.184. The van der Waals surface area contributed by atoms with Crippen molar-refractivity contribution in [2.45, 2.75) is 21.2 Å². The molecule has 0 saturated carbocycles. The average Bonchev–Trinajstić information content (AvgIpc) is 3.45. The van der Waals surface area contributed by atoms with Crippen molar-refractivity contribution in [3.8, 4) is 17.2 Å². The van der Waals surface area contributed by atoms with Crippen LogP contribution in [0.25, 0.3) is 22.4 Å². The summed E-state index contributed by atoms with van der Waals surface area (Å²) in [5.74, 6) is 0.790. The molecule has 3 aromatic heterocycles.